The van der Waals surface area contributed by atoms with E-state index in [4.69, 9.17) is 4.74 Å². The van der Waals surface area contributed by atoms with Gasteiger partial charge in [-0.1, -0.05) is 12.1 Å². The summed E-state index contributed by atoms with van der Waals surface area (Å²) >= 11 is 0. The van der Waals surface area contributed by atoms with Crippen LogP contribution in [-0.4, -0.2) is 53.6 Å². The highest BCUT2D eigenvalue weighted by atomic mass is 16.5. The molecule has 126 valence electrons. The third-order valence-electron chi connectivity index (χ3n) is 4.29. The standard InChI is InChI=1S/C18H22N4O2/c1-14(11-15-12-19-7-8-20-15)21(2)13-18(23)22-9-10-24-17-6-4-3-5-16(17)22/h3-8,12,14H,9-11,13H2,1-2H3/t14-/m0/s1. The maximum absolute atomic E-state index is 12.7. The molecular formula is C18H22N4O2. The number of para-hydroxylation sites is 2. The third-order valence-corrected chi connectivity index (χ3v) is 4.29. The Bertz CT molecular complexity index is 692. The van der Waals surface area contributed by atoms with Gasteiger partial charge in [0.1, 0.15) is 12.4 Å². The van der Waals surface area contributed by atoms with Gasteiger partial charge in [0, 0.05) is 31.1 Å². The van der Waals surface area contributed by atoms with Crippen molar-refractivity contribution in [3.05, 3.63) is 48.5 Å². The van der Waals surface area contributed by atoms with Gasteiger partial charge in [0.25, 0.3) is 0 Å². The molecule has 1 aliphatic rings. The molecule has 0 fully saturated rings. The first-order chi connectivity index (χ1) is 11.6. The number of carbonyl (C=O) groups is 1. The van der Waals surface area contributed by atoms with E-state index >= 15 is 0 Å². The second kappa shape index (κ2) is 7.40. The maximum atomic E-state index is 12.7. The van der Waals surface area contributed by atoms with Crippen LogP contribution in [0.2, 0.25) is 0 Å². The molecule has 1 aliphatic heterocycles. The van der Waals surface area contributed by atoms with E-state index in [9.17, 15) is 4.79 Å². The van der Waals surface area contributed by atoms with E-state index in [1.165, 1.54) is 0 Å². The minimum atomic E-state index is 0.0826. The van der Waals surface area contributed by atoms with Crippen molar-refractivity contribution in [2.75, 3.05) is 31.6 Å². The minimum absolute atomic E-state index is 0.0826. The van der Waals surface area contributed by atoms with Gasteiger partial charge in [-0.2, -0.15) is 0 Å². The third kappa shape index (κ3) is 3.71. The number of amides is 1. The molecule has 6 nitrogen and oxygen atoms in total. The van der Waals surface area contributed by atoms with Gasteiger partial charge in [-0.25, -0.2) is 0 Å². The number of benzene rings is 1. The molecule has 3 rings (SSSR count). The van der Waals surface area contributed by atoms with Gasteiger partial charge in [0.15, 0.2) is 0 Å². The van der Waals surface area contributed by atoms with E-state index in [1.807, 2.05) is 36.2 Å². The van der Waals surface area contributed by atoms with Crippen LogP contribution < -0.4 is 9.64 Å². The number of anilines is 1. The summed E-state index contributed by atoms with van der Waals surface area (Å²) in [5.74, 6) is 0.853. The summed E-state index contributed by atoms with van der Waals surface area (Å²) in [5.41, 5.74) is 1.78. The Balaban J connectivity index is 1.62. The molecule has 0 radical (unpaired) electrons. The van der Waals surface area contributed by atoms with Crippen molar-refractivity contribution in [2.45, 2.75) is 19.4 Å². The van der Waals surface area contributed by atoms with Crippen LogP contribution in [0.15, 0.2) is 42.9 Å². The van der Waals surface area contributed by atoms with Crippen molar-refractivity contribution in [3.63, 3.8) is 0 Å². The molecule has 1 aromatic carbocycles. The van der Waals surface area contributed by atoms with E-state index in [1.54, 1.807) is 18.6 Å². The fraction of sp³-hybridized carbons (Fsp3) is 0.389. The van der Waals surface area contributed by atoms with Crippen LogP contribution in [0.25, 0.3) is 0 Å². The fourth-order valence-electron chi connectivity index (χ4n) is 2.78. The quantitative estimate of drug-likeness (QED) is 0.838. The highest BCUT2D eigenvalue weighted by Gasteiger charge is 2.25. The van der Waals surface area contributed by atoms with Gasteiger partial charge in [0.05, 0.1) is 24.5 Å². The van der Waals surface area contributed by atoms with E-state index in [0.29, 0.717) is 19.7 Å². The summed E-state index contributed by atoms with van der Waals surface area (Å²) in [7, 11) is 1.96. The molecule has 0 bridgehead atoms. The Morgan fingerprint density at radius 2 is 2.21 bits per heavy atom. The number of hydrogen-bond donors (Lipinski definition) is 0. The predicted molar refractivity (Wildman–Crippen MR) is 92.1 cm³/mol. The first-order valence-electron chi connectivity index (χ1n) is 8.12. The maximum Gasteiger partial charge on any atom is 0.241 e. The molecule has 0 spiro atoms. The van der Waals surface area contributed by atoms with Crippen LogP contribution >= 0.6 is 0 Å². The first-order valence-corrected chi connectivity index (χ1v) is 8.12. The molecule has 2 aromatic rings. The van der Waals surface area contributed by atoms with Crippen LogP contribution in [0.1, 0.15) is 12.6 Å². The zero-order chi connectivity index (χ0) is 16.9. The Kier molecular flexibility index (Phi) is 5.05. The van der Waals surface area contributed by atoms with Gasteiger partial charge in [-0.05, 0) is 26.1 Å². The lowest BCUT2D eigenvalue weighted by atomic mass is 10.1. The summed E-state index contributed by atoms with van der Waals surface area (Å²) in [5, 5.41) is 0. The lowest BCUT2D eigenvalue weighted by Gasteiger charge is -2.32. The molecular weight excluding hydrogens is 304 g/mol. The van der Waals surface area contributed by atoms with E-state index < -0.39 is 0 Å². The van der Waals surface area contributed by atoms with E-state index in [-0.39, 0.29) is 11.9 Å². The first kappa shape index (κ1) is 16.4. The van der Waals surface area contributed by atoms with Gasteiger partial charge >= 0.3 is 0 Å². The van der Waals surface area contributed by atoms with E-state index in [2.05, 4.69) is 21.8 Å². The summed E-state index contributed by atoms with van der Waals surface area (Å²) in [6, 6.07) is 7.86. The highest BCUT2D eigenvalue weighted by Crippen LogP contribution is 2.30. The fourth-order valence-corrected chi connectivity index (χ4v) is 2.78. The molecule has 0 N–H and O–H groups in total. The van der Waals surface area contributed by atoms with Crippen molar-refractivity contribution in [3.8, 4) is 5.75 Å². The van der Waals surface area contributed by atoms with Crippen LogP contribution in [-0.2, 0) is 11.2 Å². The van der Waals surface area contributed by atoms with Gasteiger partial charge in [0.2, 0.25) is 5.91 Å². The van der Waals surface area contributed by atoms with Crippen molar-refractivity contribution in [2.24, 2.45) is 0 Å². The smallest absolute Gasteiger partial charge is 0.241 e. The van der Waals surface area contributed by atoms with Crippen LogP contribution in [0.5, 0.6) is 5.75 Å². The minimum Gasteiger partial charge on any atom is -0.490 e. The number of ether oxygens (including phenoxy) is 1. The van der Waals surface area contributed by atoms with Gasteiger partial charge < -0.3 is 9.64 Å². The number of nitrogens with zero attached hydrogens (tertiary/aromatic N) is 4. The second-order valence-corrected chi connectivity index (χ2v) is 6.03. The zero-order valence-electron chi connectivity index (χ0n) is 14.1. The monoisotopic (exact) mass is 326 g/mol. The number of aromatic nitrogens is 2. The molecule has 1 aromatic heterocycles. The molecule has 1 amide bonds. The number of likely N-dealkylation sites (N-methyl/N-ethyl adjacent to an activating group) is 1. The molecule has 6 heteroatoms. The summed E-state index contributed by atoms with van der Waals surface area (Å²) in [6.07, 6.45) is 5.89. The largest absolute Gasteiger partial charge is 0.490 e. The van der Waals surface area contributed by atoms with Crippen LogP contribution in [0.4, 0.5) is 5.69 Å². The summed E-state index contributed by atoms with van der Waals surface area (Å²) in [4.78, 5) is 25.0. The average Bonchev–Trinajstić information content (AvgIpc) is 2.62. The lowest BCUT2D eigenvalue weighted by molar-refractivity contribution is -0.120. The summed E-state index contributed by atoms with van der Waals surface area (Å²) in [6.45, 7) is 3.56. The SMILES string of the molecule is C[C@@H](Cc1cnccn1)N(C)CC(=O)N1CCOc2ccccc21. The predicted octanol–water partition coefficient (Wildman–Crippen LogP) is 1.76. The average molecular weight is 326 g/mol. The molecule has 24 heavy (non-hydrogen) atoms. The zero-order valence-corrected chi connectivity index (χ0v) is 14.1. The second-order valence-electron chi connectivity index (χ2n) is 6.03. The van der Waals surface area contributed by atoms with Crippen molar-refractivity contribution < 1.29 is 9.53 Å². The molecule has 0 aliphatic carbocycles. The number of fused-ring (bicyclic) bond motifs is 1. The number of carbonyl (C=O) groups excluding carboxylic acids is 1. The Morgan fingerprint density at radius 3 is 3.00 bits per heavy atom. The number of rotatable bonds is 5. The molecule has 0 unspecified atom stereocenters. The Morgan fingerprint density at radius 1 is 1.38 bits per heavy atom. The molecule has 2 heterocycles. The van der Waals surface area contributed by atoms with E-state index in [0.717, 1.165) is 23.6 Å². The molecule has 0 saturated carbocycles. The van der Waals surface area contributed by atoms with Gasteiger partial charge in [-0.15, -0.1) is 0 Å². The summed E-state index contributed by atoms with van der Waals surface area (Å²) < 4.78 is 5.61. The lowest BCUT2D eigenvalue weighted by Crippen LogP contribution is -2.45. The molecule has 1 atom stereocenters. The van der Waals surface area contributed by atoms with Crippen molar-refractivity contribution in [1.29, 1.82) is 0 Å². The highest BCUT2D eigenvalue weighted by molar-refractivity contribution is 5.96. The number of hydrogen-bond acceptors (Lipinski definition) is 5. The molecule has 0 saturated heterocycles. The topological polar surface area (TPSA) is 58.6 Å². The van der Waals surface area contributed by atoms with Crippen LogP contribution in [0.3, 0.4) is 0 Å². The Hall–Kier alpha value is -2.47. The van der Waals surface area contributed by atoms with Crippen LogP contribution in [0, 0.1) is 0 Å². The Labute approximate surface area is 142 Å². The van der Waals surface area contributed by atoms with Crippen molar-refractivity contribution in [1.82, 2.24) is 14.9 Å². The van der Waals surface area contributed by atoms with Gasteiger partial charge in [-0.3, -0.25) is 19.7 Å². The normalized spacial score (nSPS) is 14.9. The van der Waals surface area contributed by atoms with Crippen molar-refractivity contribution >= 4 is 11.6 Å².